The van der Waals surface area contributed by atoms with Gasteiger partial charge in [0.05, 0.1) is 5.75 Å². The highest BCUT2D eigenvalue weighted by Gasteiger charge is 2.15. The van der Waals surface area contributed by atoms with Crippen molar-refractivity contribution in [1.82, 2.24) is 5.32 Å². The summed E-state index contributed by atoms with van der Waals surface area (Å²) in [7, 11) is -2.92. The van der Waals surface area contributed by atoms with Gasteiger partial charge in [-0.1, -0.05) is 28.9 Å². The minimum Gasteiger partial charge on any atom is -0.310 e. The average Bonchev–Trinajstić information content (AvgIpc) is 2.26. The van der Waals surface area contributed by atoms with Crippen molar-refractivity contribution in [3.8, 4) is 0 Å². The van der Waals surface area contributed by atoms with E-state index in [-0.39, 0.29) is 11.8 Å². The molecule has 5 heteroatoms. The standard InChI is InChI=1S/C13H20BrNO2S/c1-4-15-13(7-8-18(3,16)17)12-9-11(14)6-5-10(12)2/h5-6,9,13,15H,4,7-8H2,1-3H3. The van der Waals surface area contributed by atoms with Crippen molar-refractivity contribution in [3.05, 3.63) is 33.8 Å². The number of benzene rings is 1. The lowest BCUT2D eigenvalue weighted by molar-refractivity contribution is 0.527. The zero-order valence-corrected chi connectivity index (χ0v) is 13.4. The van der Waals surface area contributed by atoms with Crippen molar-refractivity contribution >= 4 is 25.8 Å². The fourth-order valence-electron chi connectivity index (χ4n) is 1.93. The van der Waals surface area contributed by atoms with Crippen LogP contribution in [0.15, 0.2) is 22.7 Å². The Morgan fingerprint density at radius 1 is 1.39 bits per heavy atom. The van der Waals surface area contributed by atoms with Gasteiger partial charge < -0.3 is 5.32 Å². The molecule has 0 fully saturated rings. The predicted molar refractivity (Wildman–Crippen MR) is 79.6 cm³/mol. The number of nitrogens with one attached hydrogen (secondary N) is 1. The van der Waals surface area contributed by atoms with E-state index in [4.69, 9.17) is 0 Å². The van der Waals surface area contributed by atoms with Crippen LogP contribution in [-0.4, -0.2) is 27.0 Å². The van der Waals surface area contributed by atoms with Crippen molar-refractivity contribution in [2.24, 2.45) is 0 Å². The molecular weight excluding hydrogens is 314 g/mol. The van der Waals surface area contributed by atoms with Gasteiger partial charge in [-0.25, -0.2) is 8.42 Å². The first-order valence-corrected chi connectivity index (χ1v) is 8.86. The Labute approximate surface area is 118 Å². The molecule has 0 radical (unpaired) electrons. The molecule has 0 heterocycles. The maximum Gasteiger partial charge on any atom is 0.147 e. The maximum atomic E-state index is 11.3. The molecule has 1 unspecified atom stereocenters. The highest BCUT2D eigenvalue weighted by Crippen LogP contribution is 2.24. The van der Waals surface area contributed by atoms with E-state index >= 15 is 0 Å². The van der Waals surface area contributed by atoms with Gasteiger partial charge in [0, 0.05) is 16.8 Å². The number of sulfone groups is 1. The highest BCUT2D eigenvalue weighted by atomic mass is 79.9. The van der Waals surface area contributed by atoms with Gasteiger partial charge >= 0.3 is 0 Å². The van der Waals surface area contributed by atoms with Crippen LogP contribution in [0.4, 0.5) is 0 Å². The summed E-state index contributed by atoms with van der Waals surface area (Å²) >= 11 is 3.46. The molecule has 1 rings (SSSR count). The van der Waals surface area contributed by atoms with Crippen LogP contribution in [0.2, 0.25) is 0 Å². The molecule has 3 nitrogen and oxygen atoms in total. The molecule has 0 amide bonds. The number of hydrogen-bond donors (Lipinski definition) is 1. The Kier molecular flexibility index (Phi) is 5.82. The van der Waals surface area contributed by atoms with E-state index in [1.807, 2.05) is 26.0 Å². The Balaban J connectivity index is 2.93. The molecule has 0 aromatic heterocycles. The first-order chi connectivity index (χ1) is 8.33. The summed E-state index contributed by atoms with van der Waals surface area (Å²) in [6.45, 7) is 4.90. The van der Waals surface area contributed by atoms with Crippen LogP contribution >= 0.6 is 15.9 Å². The number of halogens is 1. The predicted octanol–water partition coefficient (Wildman–Crippen LogP) is 2.84. The zero-order valence-electron chi connectivity index (χ0n) is 11.0. The molecule has 1 atom stereocenters. The van der Waals surface area contributed by atoms with Gasteiger partial charge in [0.25, 0.3) is 0 Å². The summed E-state index contributed by atoms with van der Waals surface area (Å²) in [6.07, 6.45) is 1.88. The van der Waals surface area contributed by atoms with E-state index in [0.29, 0.717) is 6.42 Å². The molecular formula is C13H20BrNO2S. The molecule has 0 bridgehead atoms. The number of hydrogen-bond acceptors (Lipinski definition) is 3. The Hall–Kier alpha value is -0.390. The Morgan fingerprint density at radius 2 is 2.06 bits per heavy atom. The lowest BCUT2D eigenvalue weighted by Gasteiger charge is -2.20. The maximum absolute atomic E-state index is 11.3. The van der Waals surface area contributed by atoms with Crippen LogP contribution in [-0.2, 0) is 9.84 Å². The fraction of sp³-hybridized carbons (Fsp3) is 0.538. The molecule has 18 heavy (non-hydrogen) atoms. The summed E-state index contributed by atoms with van der Waals surface area (Å²) in [6, 6.07) is 6.19. The molecule has 1 aromatic rings. The third kappa shape index (κ3) is 5.08. The number of aryl methyl sites for hydroxylation is 1. The van der Waals surface area contributed by atoms with Crippen LogP contribution in [0.3, 0.4) is 0 Å². The normalized spacial score (nSPS) is 13.6. The van der Waals surface area contributed by atoms with Crippen molar-refractivity contribution in [2.75, 3.05) is 18.6 Å². The van der Waals surface area contributed by atoms with E-state index < -0.39 is 9.84 Å². The minimum absolute atomic E-state index is 0.0854. The summed E-state index contributed by atoms with van der Waals surface area (Å²) in [5.41, 5.74) is 2.34. The van der Waals surface area contributed by atoms with Gasteiger partial charge in [-0.3, -0.25) is 0 Å². The second-order valence-corrected chi connectivity index (χ2v) is 7.71. The summed E-state index contributed by atoms with van der Waals surface area (Å²) in [5, 5.41) is 3.35. The van der Waals surface area contributed by atoms with Crippen LogP contribution in [0.5, 0.6) is 0 Å². The van der Waals surface area contributed by atoms with Crippen molar-refractivity contribution in [2.45, 2.75) is 26.3 Å². The lowest BCUT2D eigenvalue weighted by Crippen LogP contribution is -2.24. The number of rotatable bonds is 6. The molecule has 0 spiro atoms. The minimum atomic E-state index is -2.92. The van der Waals surface area contributed by atoms with E-state index in [1.165, 1.54) is 11.8 Å². The van der Waals surface area contributed by atoms with Gasteiger partial charge in [0.2, 0.25) is 0 Å². The summed E-state index contributed by atoms with van der Waals surface area (Å²) in [5.74, 6) is 0.205. The smallest absolute Gasteiger partial charge is 0.147 e. The van der Waals surface area contributed by atoms with E-state index in [9.17, 15) is 8.42 Å². The SMILES string of the molecule is CCNC(CCS(C)(=O)=O)c1cc(Br)ccc1C. The quantitative estimate of drug-likeness (QED) is 0.870. The first kappa shape index (κ1) is 15.7. The second-order valence-electron chi connectivity index (χ2n) is 4.53. The molecule has 1 aromatic carbocycles. The monoisotopic (exact) mass is 333 g/mol. The Morgan fingerprint density at radius 3 is 2.61 bits per heavy atom. The third-order valence-corrected chi connectivity index (χ3v) is 4.32. The molecule has 0 saturated carbocycles. The van der Waals surface area contributed by atoms with E-state index in [1.54, 1.807) is 0 Å². The van der Waals surface area contributed by atoms with Crippen molar-refractivity contribution in [3.63, 3.8) is 0 Å². The van der Waals surface area contributed by atoms with Crippen LogP contribution in [0, 0.1) is 6.92 Å². The van der Waals surface area contributed by atoms with E-state index in [0.717, 1.165) is 16.6 Å². The van der Waals surface area contributed by atoms with Crippen LogP contribution in [0.1, 0.15) is 30.5 Å². The third-order valence-electron chi connectivity index (χ3n) is 2.84. The van der Waals surface area contributed by atoms with Crippen LogP contribution in [0.25, 0.3) is 0 Å². The van der Waals surface area contributed by atoms with Gasteiger partial charge in [0.1, 0.15) is 9.84 Å². The van der Waals surface area contributed by atoms with Crippen molar-refractivity contribution in [1.29, 1.82) is 0 Å². The molecule has 0 aliphatic heterocycles. The molecule has 1 N–H and O–H groups in total. The zero-order chi connectivity index (χ0) is 13.8. The van der Waals surface area contributed by atoms with Crippen LogP contribution < -0.4 is 5.32 Å². The summed E-state index contributed by atoms with van der Waals surface area (Å²) in [4.78, 5) is 0. The average molecular weight is 334 g/mol. The molecule has 102 valence electrons. The summed E-state index contributed by atoms with van der Waals surface area (Å²) < 4.78 is 23.6. The topological polar surface area (TPSA) is 46.2 Å². The Bertz CT molecular complexity index is 500. The second kappa shape index (κ2) is 6.68. The first-order valence-electron chi connectivity index (χ1n) is 6.00. The van der Waals surface area contributed by atoms with Gasteiger partial charge in [-0.15, -0.1) is 0 Å². The fourth-order valence-corrected chi connectivity index (χ4v) is 2.98. The molecule has 0 aliphatic carbocycles. The van der Waals surface area contributed by atoms with Gasteiger partial charge in [-0.2, -0.15) is 0 Å². The molecule has 0 saturated heterocycles. The van der Waals surface area contributed by atoms with Gasteiger partial charge in [0.15, 0.2) is 0 Å². The van der Waals surface area contributed by atoms with Crippen molar-refractivity contribution < 1.29 is 8.42 Å². The van der Waals surface area contributed by atoms with Gasteiger partial charge in [-0.05, 0) is 43.1 Å². The largest absolute Gasteiger partial charge is 0.310 e. The lowest BCUT2D eigenvalue weighted by atomic mass is 9.99. The van der Waals surface area contributed by atoms with E-state index in [2.05, 4.69) is 27.3 Å². The molecule has 0 aliphatic rings. The highest BCUT2D eigenvalue weighted by molar-refractivity contribution is 9.10.